The van der Waals surface area contributed by atoms with Gasteiger partial charge in [0.2, 0.25) is 0 Å². The summed E-state index contributed by atoms with van der Waals surface area (Å²) in [6, 6.07) is 0. The molecule has 1 fully saturated rings. The van der Waals surface area contributed by atoms with E-state index in [9.17, 15) is 0 Å². The Bertz CT molecular complexity index is 75.0. The van der Waals surface area contributed by atoms with Gasteiger partial charge in [-0.3, -0.25) is 0 Å². The largest absolute Gasteiger partial charge is 0.468 e. The Kier molecular flexibility index (Phi) is 2.49. The number of aliphatic hydroxyl groups excluding tert-OH is 1. The van der Waals surface area contributed by atoms with E-state index in [-0.39, 0.29) is 6.10 Å². The maximum atomic E-state index is 9.17. The van der Waals surface area contributed by atoms with E-state index in [0.29, 0.717) is 0 Å². The lowest BCUT2D eigenvalue weighted by Crippen LogP contribution is -3.06. The fourth-order valence-corrected chi connectivity index (χ4v) is 1.23. The summed E-state index contributed by atoms with van der Waals surface area (Å²) in [5.41, 5.74) is 0. The molecule has 1 saturated heterocycles. The Morgan fingerprint density at radius 2 is 2.11 bits per heavy atom. The minimum absolute atomic E-state index is 0.0516. The molecule has 2 atom stereocenters. The van der Waals surface area contributed by atoms with Crippen LogP contribution in [0.5, 0.6) is 0 Å². The summed E-state index contributed by atoms with van der Waals surface area (Å²) in [4.78, 5) is 1.31. The summed E-state index contributed by atoms with van der Waals surface area (Å²) in [6.45, 7) is 2.15. The molecule has 0 bridgehead atoms. The van der Waals surface area contributed by atoms with Crippen molar-refractivity contribution in [3.05, 3.63) is 7.05 Å². The molecule has 0 aromatic rings. The van der Waals surface area contributed by atoms with Gasteiger partial charge in [-0.15, -0.1) is 0 Å². The summed E-state index contributed by atoms with van der Waals surface area (Å²) in [7, 11) is 3.90. The van der Waals surface area contributed by atoms with Crippen molar-refractivity contribution in [1.29, 1.82) is 0 Å². The van der Waals surface area contributed by atoms with E-state index < -0.39 is 0 Å². The first-order valence-electron chi connectivity index (χ1n) is 3.64. The van der Waals surface area contributed by atoms with Crippen LogP contribution < -0.4 is 4.90 Å². The fraction of sp³-hybridized carbons (Fsp3) is 0.857. The quantitative estimate of drug-likeness (QED) is 0.412. The molecule has 2 unspecified atom stereocenters. The van der Waals surface area contributed by atoms with Gasteiger partial charge in [-0.1, -0.05) is 0 Å². The molecule has 2 nitrogen and oxygen atoms in total. The molecule has 0 amide bonds. The average Bonchev–Trinajstić information content (AvgIpc) is 1.97. The Balaban J connectivity index is 2.25. The van der Waals surface area contributed by atoms with Gasteiger partial charge in [-0.2, -0.15) is 7.05 Å². The topological polar surface area (TPSA) is 24.7 Å². The second kappa shape index (κ2) is 3.18. The molecule has 0 aromatic heterocycles. The number of likely N-dealkylation sites (tertiary alicyclic amines) is 1. The van der Waals surface area contributed by atoms with Crippen LogP contribution in [0.1, 0.15) is 19.3 Å². The van der Waals surface area contributed by atoms with Gasteiger partial charge in [-0.05, 0) is 12.8 Å². The number of quaternary nitrogens is 1. The maximum absolute atomic E-state index is 9.17. The minimum atomic E-state index is -0.0516. The molecule has 2 heteroatoms. The van der Waals surface area contributed by atoms with Crippen molar-refractivity contribution in [3.63, 3.8) is 0 Å². The zero-order valence-corrected chi connectivity index (χ0v) is 5.77. The van der Waals surface area contributed by atoms with Gasteiger partial charge in [0.25, 0.3) is 0 Å². The molecule has 1 aliphatic rings. The number of nitrogens with one attached hydrogen (secondary N) is 1. The Labute approximate surface area is 56.5 Å². The highest BCUT2D eigenvalue weighted by molar-refractivity contribution is 4.57. The van der Waals surface area contributed by atoms with E-state index in [1.54, 1.807) is 0 Å². The van der Waals surface area contributed by atoms with Crippen LogP contribution in [-0.4, -0.2) is 24.3 Å². The molecular formula is C7H15NO. The van der Waals surface area contributed by atoms with Gasteiger partial charge < -0.3 is 10.0 Å². The lowest BCUT2D eigenvalue weighted by molar-refractivity contribution is -0.852. The molecule has 0 saturated carbocycles. The Morgan fingerprint density at radius 1 is 1.33 bits per heavy atom. The molecule has 0 radical (unpaired) electrons. The van der Waals surface area contributed by atoms with E-state index in [4.69, 9.17) is 5.11 Å². The third kappa shape index (κ3) is 2.33. The zero-order chi connectivity index (χ0) is 6.69. The van der Waals surface area contributed by atoms with Crippen molar-refractivity contribution >= 4 is 0 Å². The normalized spacial score (nSPS) is 38.0. The van der Waals surface area contributed by atoms with Gasteiger partial charge in [0.15, 0.2) is 0 Å². The second-order valence-electron chi connectivity index (χ2n) is 2.83. The second-order valence-corrected chi connectivity index (χ2v) is 2.83. The molecular weight excluding hydrogens is 114 g/mol. The van der Waals surface area contributed by atoms with Crippen LogP contribution >= 0.6 is 0 Å². The molecule has 54 valence electrons. The smallest absolute Gasteiger partial charge is 0.0595 e. The van der Waals surface area contributed by atoms with Gasteiger partial charge in [0.05, 0.1) is 19.2 Å². The van der Waals surface area contributed by atoms with Crippen LogP contribution in [0.3, 0.4) is 0 Å². The lowest BCUT2D eigenvalue weighted by Gasteiger charge is -2.16. The van der Waals surface area contributed by atoms with Crippen LogP contribution in [0.15, 0.2) is 0 Å². The monoisotopic (exact) mass is 129 g/mol. The number of hydrogen-bond acceptors (Lipinski definition) is 1. The van der Waals surface area contributed by atoms with Crippen LogP contribution in [0.4, 0.5) is 0 Å². The number of aliphatic hydroxyl groups is 1. The van der Waals surface area contributed by atoms with Crippen LogP contribution in [-0.2, 0) is 0 Å². The van der Waals surface area contributed by atoms with E-state index in [2.05, 4.69) is 7.05 Å². The standard InChI is InChI=1S/C7H15NO/c1-8-5-2-3-7(9)4-6-8/h7-9H,1-6H2. The van der Waals surface area contributed by atoms with Crippen LogP contribution in [0.25, 0.3) is 0 Å². The summed E-state index contributed by atoms with van der Waals surface area (Å²) in [5.74, 6) is 0. The summed E-state index contributed by atoms with van der Waals surface area (Å²) in [5, 5.41) is 9.17. The third-order valence-corrected chi connectivity index (χ3v) is 1.90. The number of hydrogen-bond donors (Lipinski definition) is 2. The Morgan fingerprint density at radius 3 is 2.89 bits per heavy atom. The predicted octanol–water partition coefficient (Wildman–Crippen LogP) is -0.792. The van der Waals surface area contributed by atoms with Crippen molar-refractivity contribution in [2.45, 2.75) is 25.4 Å². The highest BCUT2D eigenvalue weighted by Crippen LogP contribution is 2.00. The molecule has 1 aliphatic heterocycles. The Hall–Kier alpha value is -0.0800. The van der Waals surface area contributed by atoms with Crippen molar-refractivity contribution in [2.75, 3.05) is 13.1 Å². The van der Waals surface area contributed by atoms with E-state index in [1.165, 1.54) is 4.90 Å². The molecule has 0 aromatic carbocycles. The van der Waals surface area contributed by atoms with Gasteiger partial charge in [0.1, 0.15) is 0 Å². The van der Waals surface area contributed by atoms with Crippen LogP contribution in [0.2, 0.25) is 0 Å². The predicted molar refractivity (Wildman–Crippen MR) is 35.9 cm³/mol. The first-order valence-corrected chi connectivity index (χ1v) is 3.64. The van der Waals surface area contributed by atoms with Crippen molar-refractivity contribution in [2.24, 2.45) is 0 Å². The summed E-state index contributed by atoms with van der Waals surface area (Å²) >= 11 is 0. The first-order chi connectivity index (χ1) is 4.29. The molecule has 0 spiro atoms. The van der Waals surface area contributed by atoms with Crippen molar-refractivity contribution in [1.82, 2.24) is 0 Å². The molecule has 0 aliphatic carbocycles. The third-order valence-electron chi connectivity index (χ3n) is 1.90. The van der Waals surface area contributed by atoms with Gasteiger partial charge >= 0.3 is 0 Å². The minimum Gasteiger partial charge on any atom is -0.468 e. The lowest BCUT2D eigenvalue weighted by atomic mass is 10.2. The molecule has 1 rings (SSSR count). The SMILES string of the molecule is [CH2-][NH+]1CCCC(O)CC1. The van der Waals surface area contributed by atoms with E-state index in [0.717, 1.165) is 32.4 Å². The van der Waals surface area contributed by atoms with Crippen LogP contribution in [0, 0.1) is 7.05 Å². The summed E-state index contributed by atoms with van der Waals surface area (Å²) < 4.78 is 0. The maximum Gasteiger partial charge on any atom is 0.0595 e. The molecule has 1 heterocycles. The van der Waals surface area contributed by atoms with E-state index >= 15 is 0 Å². The fourth-order valence-electron chi connectivity index (χ4n) is 1.23. The molecule has 2 N–H and O–H groups in total. The highest BCUT2D eigenvalue weighted by atomic mass is 16.3. The summed E-state index contributed by atoms with van der Waals surface area (Å²) in [6.07, 6.45) is 2.97. The van der Waals surface area contributed by atoms with Gasteiger partial charge in [0, 0.05) is 6.42 Å². The molecule has 9 heavy (non-hydrogen) atoms. The van der Waals surface area contributed by atoms with Crippen molar-refractivity contribution in [3.8, 4) is 0 Å². The van der Waals surface area contributed by atoms with Crippen molar-refractivity contribution < 1.29 is 10.0 Å². The zero-order valence-electron chi connectivity index (χ0n) is 5.77. The number of rotatable bonds is 0. The first kappa shape index (κ1) is 7.03. The van der Waals surface area contributed by atoms with E-state index in [1.807, 2.05) is 0 Å². The average molecular weight is 129 g/mol. The highest BCUT2D eigenvalue weighted by Gasteiger charge is 2.10. The van der Waals surface area contributed by atoms with Gasteiger partial charge in [-0.25, -0.2) is 0 Å².